The highest BCUT2D eigenvalue weighted by molar-refractivity contribution is 5.29. The molecular formula is C12H15N5. The van der Waals surface area contributed by atoms with Crippen LogP contribution in [0, 0.1) is 20.8 Å². The molecule has 2 aromatic heterocycles. The van der Waals surface area contributed by atoms with E-state index in [1.807, 2.05) is 26.1 Å². The SMILES string of the molecule is Cc1ccncc1CNc1nnc(C)c(C)n1. The first-order valence-electron chi connectivity index (χ1n) is 5.48. The molecule has 0 saturated heterocycles. The zero-order valence-electron chi connectivity index (χ0n) is 10.2. The maximum absolute atomic E-state index is 4.31. The second kappa shape index (κ2) is 4.86. The fourth-order valence-electron chi connectivity index (χ4n) is 1.39. The van der Waals surface area contributed by atoms with Crippen LogP contribution in [0.4, 0.5) is 5.95 Å². The molecule has 0 saturated carbocycles. The fraction of sp³-hybridized carbons (Fsp3) is 0.333. The Bertz CT molecular complexity index is 524. The molecule has 0 atom stereocenters. The number of anilines is 1. The molecule has 0 aromatic carbocycles. The Balaban J connectivity index is 2.08. The van der Waals surface area contributed by atoms with E-state index in [4.69, 9.17) is 0 Å². The third kappa shape index (κ3) is 2.75. The van der Waals surface area contributed by atoms with Crippen molar-refractivity contribution in [2.24, 2.45) is 0 Å². The van der Waals surface area contributed by atoms with Crippen LogP contribution in [0.15, 0.2) is 18.5 Å². The van der Waals surface area contributed by atoms with E-state index in [1.54, 1.807) is 6.20 Å². The Labute approximate surface area is 100 Å². The van der Waals surface area contributed by atoms with Crippen molar-refractivity contribution in [1.29, 1.82) is 0 Å². The number of aromatic nitrogens is 4. The molecule has 0 aliphatic rings. The average molecular weight is 229 g/mol. The van der Waals surface area contributed by atoms with Gasteiger partial charge in [-0.05, 0) is 38.0 Å². The van der Waals surface area contributed by atoms with Crippen LogP contribution in [0.1, 0.15) is 22.5 Å². The molecule has 17 heavy (non-hydrogen) atoms. The summed E-state index contributed by atoms with van der Waals surface area (Å²) in [4.78, 5) is 8.41. The van der Waals surface area contributed by atoms with Gasteiger partial charge in [-0.3, -0.25) is 4.98 Å². The van der Waals surface area contributed by atoms with E-state index in [9.17, 15) is 0 Å². The quantitative estimate of drug-likeness (QED) is 0.869. The minimum Gasteiger partial charge on any atom is -0.349 e. The van der Waals surface area contributed by atoms with Gasteiger partial charge in [0.2, 0.25) is 5.95 Å². The second-order valence-electron chi connectivity index (χ2n) is 3.96. The molecule has 0 radical (unpaired) electrons. The van der Waals surface area contributed by atoms with Crippen molar-refractivity contribution >= 4 is 5.95 Å². The molecule has 2 rings (SSSR count). The van der Waals surface area contributed by atoms with Gasteiger partial charge in [0.05, 0.1) is 11.4 Å². The van der Waals surface area contributed by atoms with Crippen LogP contribution in [0.2, 0.25) is 0 Å². The molecule has 0 amide bonds. The van der Waals surface area contributed by atoms with E-state index in [-0.39, 0.29) is 0 Å². The standard InChI is InChI=1S/C12H15N5/c1-8-4-5-13-6-11(8)7-14-12-15-9(2)10(3)16-17-12/h4-6H,7H2,1-3H3,(H,14,15,17). The number of hydrogen-bond donors (Lipinski definition) is 1. The fourth-order valence-corrected chi connectivity index (χ4v) is 1.39. The topological polar surface area (TPSA) is 63.6 Å². The van der Waals surface area contributed by atoms with Crippen molar-refractivity contribution < 1.29 is 0 Å². The molecule has 2 aromatic rings. The van der Waals surface area contributed by atoms with Crippen molar-refractivity contribution in [3.63, 3.8) is 0 Å². The Hall–Kier alpha value is -2.04. The minimum absolute atomic E-state index is 0.552. The summed E-state index contributed by atoms with van der Waals surface area (Å²) in [5.74, 6) is 0.552. The van der Waals surface area contributed by atoms with Crippen LogP contribution < -0.4 is 5.32 Å². The van der Waals surface area contributed by atoms with Crippen LogP contribution in [0.5, 0.6) is 0 Å². The molecule has 5 heteroatoms. The number of nitrogens with one attached hydrogen (secondary N) is 1. The lowest BCUT2D eigenvalue weighted by molar-refractivity contribution is 0.883. The molecule has 1 N–H and O–H groups in total. The molecule has 0 spiro atoms. The Morgan fingerprint density at radius 3 is 2.65 bits per heavy atom. The van der Waals surface area contributed by atoms with Gasteiger partial charge >= 0.3 is 0 Å². The monoisotopic (exact) mass is 229 g/mol. The Kier molecular flexibility index (Phi) is 3.27. The first-order chi connectivity index (χ1) is 8.16. The maximum Gasteiger partial charge on any atom is 0.243 e. The summed E-state index contributed by atoms with van der Waals surface area (Å²) in [5.41, 5.74) is 4.08. The summed E-state index contributed by atoms with van der Waals surface area (Å²) in [6, 6.07) is 1.98. The van der Waals surface area contributed by atoms with Gasteiger partial charge in [-0.1, -0.05) is 0 Å². The van der Waals surface area contributed by atoms with Crippen LogP contribution in [0.25, 0.3) is 0 Å². The summed E-state index contributed by atoms with van der Waals surface area (Å²) >= 11 is 0. The highest BCUT2D eigenvalue weighted by Crippen LogP contribution is 2.08. The van der Waals surface area contributed by atoms with Gasteiger partial charge in [-0.2, -0.15) is 5.10 Å². The lowest BCUT2D eigenvalue weighted by Crippen LogP contribution is -2.08. The van der Waals surface area contributed by atoms with Gasteiger partial charge in [0.15, 0.2) is 0 Å². The van der Waals surface area contributed by atoms with Crippen LogP contribution in [-0.2, 0) is 6.54 Å². The van der Waals surface area contributed by atoms with E-state index < -0.39 is 0 Å². The number of aryl methyl sites for hydroxylation is 3. The summed E-state index contributed by atoms with van der Waals surface area (Å²) in [5, 5.41) is 11.2. The molecule has 0 bridgehead atoms. The van der Waals surface area contributed by atoms with E-state index >= 15 is 0 Å². The summed E-state index contributed by atoms with van der Waals surface area (Å²) < 4.78 is 0. The molecule has 88 valence electrons. The third-order valence-electron chi connectivity index (χ3n) is 2.68. The Morgan fingerprint density at radius 1 is 1.12 bits per heavy atom. The predicted octanol–water partition coefficient (Wildman–Crippen LogP) is 1.80. The highest BCUT2D eigenvalue weighted by Gasteiger charge is 2.02. The van der Waals surface area contributed by atoms with Crippen molar-refractivity contribution in [1.82, 2.24) is 20.2 Å². The van der Waals surface area contributed by atoms with Gasteiger partial charge in [0.25, 0.3) is 0 Å². The number of nitrogens with zero attached hydrogens (tertiary/aromatic N) is 4. The normalized spacial score (nSPS) is 10.3. The molecule has 2 heterocycles. The van der Waals surface area contributed by atoms with Gasteiger partial charge in [-0.15, -0.1) is 5.10 Å². The van der Waals surface area contributed by atoms with Crippen molar-refractivity contribution in [2.75, 3.05) is 5.32 Å². The van der Waals surface area contributed by atoms with Crippen molar-refractivity contribution in [3.05, 3.63) is 41.0 Å². The number of pyridine rings is 1. The van der Waals surface area contributed by atoms with Crippen molar-refractivity contribution in [2.45, 2.75) is 27.3 Å². The highest BCUT2D eigenvalue weighted by atomic mass is 15.2. The summed E-state index contributed by atoms with van der Waals surface area (Å²) in [7, 11) is 0. The maximum atomic E-state index is 4.31. The molecule has 0 unspecified atom stereocenters. The van der Waals surface area contributed by atoms with Crippen LogP contribution >= 0.6 is 0 Å². The van der Waals surface area contributed by atoms with E-state index in [2.05, 4.69) is 32.4 Å². The minimum atomic E-state index is 0.552. The van der Waals surface area contributed by atoms with Gasteiger partial charge < -0.3 is 5.32 Å². The zero-order valence-corrected chi connectivity index (χ0v) is 10.2. The lowest BCUT2D eigenvalue weighted by Gasteiger charge is -2.07. The van der Waals surface area contributed by atoms with E-state index in [1.165, 1.54) is 5.56 Å². The summed E-state index contributed by atoms with van der Waals surface area (Å²) in [6.45, 7) is 6.52. The first kappa shape index (κ1) is 11.4. The van der Waals surface area contributed by atoms with Crippen LogP contribution in [-0.4, -0.2) is 20.2 Å². The molecule has 0 aliphatic heterocycles. The smallest absolute Gasteiger partial charge is 0.243 e. The number of hydrogen-bond acceptors (Lipinski definition) is 5. The van der Waals surface area contributed by atoms with Gasteiger partial charge in [0, 0.05) is 18.9 Å². The average Bonchev–Trinajstić information content (AvgIpc) is 2.32. The van der Waals surface area contributed by atoms with Gasteiger partial charge in [-0.25, -0.2) is 4.98 Å². The first-order valence-corrected chi connectivity index (χ1v) is 5.48. The molecule has 0 aliphatic carbocycles. The zero-order chi connectivity index (χ0) is 12.3. The van der Waals surface area contributed by atoms with Crippen molar-refractivity contribution in [3.8, 4) is 0 Å². The number of rotatable bonds is 3. The second-order valence-corrected chi connectivity index (χ2v) is 3.96. The van der Waals surface area contributed by atoms with Gasteiger partial charge in [0.1, 0.15) is 0 Å². The molecular weight excluding hydrogens is 214 g/mol. The summed E-state index contributed by atoms with van der Waals surface area (Å²) in [6.07, 6.45) is 3.63. The van der Waals surface area contributed by atoms with E-state index in [0.717, 1.165) is 17.0 Å². The van der Waals surface area contributed by atoms with Crippen LogP contribution in [0.3, 0.4) is 0 Å². The van der Waals surface area contributed by atoms with E-state index in [0.29, 0.717) is 12.5 Å². The predicted molar refractivity (Wildman–Crippen MR) is 65.6 cm³/mol. The lowest BCUT2D eigenvalue weighted by atomic mass is 10.2. The third-order valence-corrected chi connectivity index (χ3v) is 2.68. The molecule has 0 fully saturated rings. The largest absolute Gasteiger partial charge is 0.349 e. The molecule has 5 nitrogen and oxygen atoms in total. The Morgan fingerprint density at radius 2 is 1.94 bits per heavy atom.